The van der Waals surface area contributed by atoms with Crippen molar-refractivity contribution in [2.45, 2.75) is 135 Å². The Morgan fingerprint density at radius 3 is 1.92 bits per heavy atom. The Balaban J connectivity index is 1.44. The van der Waals surface area contributed by atoms with E-state index in [-0.39, 0.29) is 12.7 Å². The molecule has 0 fully saturated rings. The molecule has 6 nitrogen and oxygen atoms in total. The molecule has 1 N–H and O–H groups in total. The van der Waals surface area contributed by atoms with Gasteiger partial charge in [-0.25, -0.2) is 9.67 Å². The number of aliphatic hydroxyl groups excluding tert-OH is 1. The lowest BCUT2D eigenvalue weighted by molar-refractivity contribution is -0.00349. The first-order valence-electron chi connectivity index (χ1n) is 14.9. The third-order valence-electron chi connectivity index (χ3n) is 7.17. The Bertz CT molecular complexity index is 847. The fourth-order valence-electron chi connectivity index (χ4n) is 4.83. The van der Waals surface area contributed by atoms with E-state index in [1.807, 2.05) is 18.2 Å². The Morgan fingerprint density at radius 2 is 1.43 bits per heavy atom. The van der Waals surface area contributed by atoms with Gasteiger partial charge in [0.2, 0.25) is 0 Å². The summed E-state index contributed by atoms with van der Waals surface area (Å²) in [5, 5.41) is 23.3. The van der Waals surface area contributed by atoms with E-state index in [0.717, 1.165) is 18.4 Å². The van der Waals surface area contributed by atoms with Crippen molar-refractivity contribution in [3.8, 4) is 11.8 Å². The van der Waals surface area contributed by atoms with Gasteiger partial charge in [-0.3, -0.25) is 0 Å². The molecule has 6 heteroatoms. The third-order valence-corrected chi connectivity index (χ3v) is 7.17. The minimum absolute atomic E-state index is 0.0288. The predicted octanol–water partition coefficient (Wildman–Crippen LogP) is 8.06. The van der Waals surface area contributed by atoms with Gasteiger partial charge in [0, 0.05) is 0 Å². The summed E-state index contributed by atoms with van der Waals surface area (Å²) in [6.07, 6.45) is 26.9. The summed E-state index contributed by atoms with van der Waals surface area (Å²) in [5.74, 6) is 0. The van der Waals surface area contributed by atoms with E-state index in [1.165, 1.54) is 109 Å². The van der Waals surface area contributed by atoms with Crippen molar-refractivity contribution >= 4 is 0 Å². The van der Waals surface area contributed by atoms with Gasteiger partial charge in [-0.1, -0.05) is 122 Å². The van der Waals surface area contributed by atoms with E-state index in [4.69, 9.17) is 4.74 Å². The van der Waals surface area contributed by atoms with Gasteiger partial charge >= 0.3 is 0 Å². The first-order valence-corrected chi connectivity index (χ1v) is 14.9. The van der Waals surface area contributed by atoms with Crippen LogP contribution in [0.3, 0.4) is 0 Å². The van der Waals surface area contributed by atoms with Crippen LogP contribution in [0.4, 0.5) is 0 Å². The number of nitrogens with zero attached hydrogens (tertiary/aromatic N) is 4. The maximum atomic E-state index is 9.71. The van der Waals surface area contributed by atoms with Crippen molar-refractivity contribution in [3.05, 3.63) is 42.0 Å². The molecule has 206 valence electrons. The maximum absolute atomic E-state index is 9.71. The van der Waals surface area contributed by atoms with Crippen LogP contribution in [-0.4, -0.2) is 32.6 Å². The minimum Gasteiger partial charge on any atom is -0.394 e. The van der Waals surface area contributed by atoms with Crippen molar-refractivity contribution in [2.75, 3.05) is 6.61 Å². The lowest BCUT2D eigenvalue weighted by Gasteiger charge is -2.16. The highest BCUT2D eigenvalue weighted by Gasteiger charge is 2.10. The second kappa shape index (κ2) is 20.8. The number of nitriles is 1. The molecule has 0 saturated carbocycles. The second-order valence-electron chi connectivity index (χ2n) is 10.4. The summed E-state index contributed by atoms with van der Waals surface area (Å²) in [7, 11) is 0. The fraction of sp³-hybridized carbons (Fsp3) is 0.710. The number of unbranched alkanes of at least 4 members (excludes halogenated alkanes) is 16. The predicted molar refractivity (Wildman–Crippen MR) is 151 cm³/mol. The van der Waals surface area contributed by atoms with Crippen molar-refractivity contribution in [2.24, 2.45) is 0 Å². The smallest absolute Gasteiger partial charge is 0.138 e. The lowest BCUT2D eigenvalue weighted by atomic mass is 10.0. The number of ether oxygens (including phenoxy) is 1. The largest absolute Gasteiger partial charge is 0.394 e. The first-order chi connectivity index (χ1) is 18.3. The molecule has 0 aliphatic carbocycles. The third kappa shape index (κ3) is 13.8. The zero-order chi connectivity index (χ0) is 26.4. The van der Waals surface area contributed by atoms with Gasteiger partial charge in [-0.2, -0.15) is 10.4 Å². The second-order valence-corrected chi connectivity index (χ2v) is 10.4. The molecule has 1 unspecified atom stereocenters. The molecule has 2 rings (SSSR count). The molecular weight excluding hydrogens is 460 g/mol. The van der Waals surface area contributed by atoms with Crippen LogP contribution in [0.5, 0.6) is 0 Å². The summed E-state index contributed by atoms with van der Waals surface area (Å²) >= 11 is 0. The summed E-state index contributed by atoms with van der Waals surface area (Å²) in [6.45, 7) is 2.70. The van der Waals surface area contributed by atoms with E-state index in [2.05, 4.69) is 23.1 Å². The molecule has 37 heavy (non-hydrogen) atoms. The van der Waals surface area contributed by atoms with E-state index >= 15 is 0 Å². The van der Waals surface area contributed by atoms with Crippen molar-refractivity contribution < 1.29 is 9.84 Å². The lowest BCUT2D eigenvalue weighted by Crippen LogP contribution is -2.17. The summed E-state index contributed by atoms with van der Waals surface area (Å²) < 4.78 is 7.52. The molecule has 0 aliphatic heterocycles. The van der Waals surface area contributed by atoms with Gasteiger partial charge in [0.05, 0.1) is 30.6 Å². The zero-order valence-corrected chi connectivity index (χ0v) is 23.3. The highest BCUT2D eigenvalue weighted by Crippen LogP contribution is 2.18. The van der Waals surface area contributed by atoms with Crippen molar-refractivity contribution in [1.29, 1.82) is 5.26 Å². The van der Waals surface area contributed by atoms with E-state index in [9.17, 15) is 10.4 Å². The Morgan fingerprint density at radius 1 is 0.865 bits per heavy atom. The number of hydrogen-bond acceptors (Lipinski definition) is 5. The standard InChI is InChI=1S/C31H50N4O2/c1-2-3-4-5-6-7-8-9-10-11-12-13-14-15-16-17-18-19-30(24-36)37-25-28-20-21-31(29(22-28)23-32)35-27-33-26-34-35/h20-22,26-27,30,36H,2-19,24-25H2,1H3. The Kier molecular flexibility index (Phi) is 17.4. The summed E-state index contributed by atoms with van der Waals surface area (Å²) in [4.78, 5) is 3.94. The maximum Gasteiger partial charge on any atom is 0.138 e. The molecule has 0 saturated heterocycles. The molecule has 0 radical (unpaired) electrons. The van der Waals surface area contributed by atoms with Crippen LogP contribution >= 0.6 is 0 Å². The van der Waals surface area contributed by atoms with Gasteiger partial charge in [0.15, 0.2) is 0 Å². The van der Waals surface area contributed by atoms with Crippen LogP contribution in [-0.2, 0) is 11.3 Å². The Hall–Kier alpha value is -2.23. The molecule has 0 bridgehead atoms. The van der Waals surface area contributed by atoms with E-state index in [1.54, 1.807) is 11.0 Å². The molecule has 1 atom stereocenters. The first kappa shape index (κ1) is 31.0. The van der Waals surface area contributed by atoms with Gasteiger partial charge < -0.3 is 9.84 Å². The van der Waals surface area contributed by atoms with Crippen LogP contribution in [0.25, 0.3) is 5.69 Å². The molecule has 1 heterocycles. The monoisotopic (exact) mass is 510 g/mol. The highest BCUT2D eigenvalue weighted by atomic mass is 16.5. The summed E-state index contributed by atoms with van der Waals surface area (Å²) in [6, 6.07) is 7.83. The van der Waals surface area contributed by atoms with Gasteiger partial charge in [-0.15, -0.1) is 0 Å². The van der Waals surface area contributed by atoms with Crippen LogP contribution in [0.15, 0.2) is 30.9 Å². The quantitative estimate of drug-likeness (QED) is 0.153. The fourth-order valence-corrected chi connectivity index (χ4v) is 4.83. The summed E-state index contributed by atoms with van der Waals surface area (Å²) in [5.41, 5.74) is 2.15. The molecule has 0 amide bonds. The van der Waals surface area contributed by atoms with Gasteiger partial charge in [0.25, 0.3) is 0 Å². The van der Waals surface area contributed by atoms with Crippen LogP contribution in [0, 0.1) is 11.3 Å². The normalized spacial score (nSPS) is 12.0. The van der Waals surface area contributed by atoms with Gasteiger partial charge in [-0.05, 0) is 24.1 Å². The molecule has 1 aromatic heterocycles. The molecule has 1 aromatic carbocycles. The highest BCUT2D eigenvalue weighted by molar-refractivity contribution is 5.49. The van der Waals surface area contributed by atoms with Crippen LogP contribution in [0.1, 0.15) is 134 Å². The topological polar surface area (TPSA) is 84.0 Å². The number of aromatic nitrogens is 3. The average molecular weight is 511 g/mol. The average Bonchev–Trinajstić information content (AvgIpc) is 3.47. The van der Waals surface area contributed by atoms with Crippen LogP contribution < -0.4 is 0 Å². The number of hydrogen-bond donors (Lipinski definition) is 1. The minimum atomic E-state index is -0.156. The molecule has 0 aliphatic rings. The number of benzene rings is 1. The van der Waals surface area contributed by atoms with E-state index < -0.39 is 0 Å². The zero-order valence-electron chi connectivity index (χ0n) is 23.3. The van der Waals surface area contributed by atoms with Gasteiger partial charge in [0.1, 0.15) is 18.7 Å². The molecular formula is C31H50N4O2. The molecule has 2 aromatic rings. The number of aliphatic hydroxyl groups is 1. The Labute approximate surface area is 225 Å². The van der Waals surface area contributed by atoms with Crippen molar-refractivity contribution in [3.63, 3.8) is 0 Å². The molecule has 0 spiro atoms. The number of rotatable bonds is 23. The van der Waals surface area contributed by atoms with Crippen LogP contribution in [0.2, 0.25) is 0 Å². The SMILES string of the molecule is CCCCCCCCCCCCCCCCCCCC(CO)OCc1ccc(-n2cncn2)c(C#N)c1. The van der Waals surface area contributed by atoms with Crippen molar-refractivity contribution in [1.82, 2.24) is 14.8 Å². The van der Waals surface area contributed by atoms with E-state index in [0.29, 0.717) is 17.9 Å².